The Hall–Kier alpha value is -3.01. The Bertz CT molecular complexity index is 1320. The first-order chi connectivity index (χ1) is 16.1. The molecule has 3 N–H and O–H groups in total. The molecule has 2 aromatic carbocycles. The van der Waals surface area contributed by atoms with Gasteiger partial charge >= 0.3 is 0 Å². The number of nitrogens with one attached hydrogen (secondary N) is 1. The van der Waals surface area contributed by atoms with Crippen LogP contribution in [0.3, 0.4) is 0 Å². The number of anilines is 2. The van der Waals surface area contributed by atoms with Gasteiger partial charge in [0.2, 0.25) is 0 Å². The molecule has 1 aliphatic heterocycles. The van der Waals surface area contributed by atoms with Crippen molar-refractivity contribution in [2.45, 2.75) is 30.7 Å². The smallest absolute Gasteiger partial charge is 0.257 e. The molecule has 7 nitrogen and oxygen atoms in total. The maximum Gasteiger partial charge on any atom is 0.257 e. The number of rotatable bonds is 5. The summed E-state index contributed by atoms with van der Waals surface area (Å²) in [5.74, 6) is -0.325. The summed E-state index contributed by atoms with van der Waals surface area (Å²) in [7, 11) is -4.08. The minimum Gasteiger partial charge on any atom is -0.354 e. The van der Waals surface area contributed by atoms with Crippen LogP contribution in [0.1, 0.15) is 40.2 Å². The molecule has 0 atom stereocenters. The van der Waals surface area contributed by atoms with Gasteiger partial charge in [0.25, 0.3) is 15.9 Å². The number of amides is 1. The number of benzene rings is 2. The van der Waals surface area contributed by atoms with Crippen LogP contribution < -0.4 is 10.5 Å². The van der Waals surface area contributed by atoms with E-state index >= 15 is 0 Å². The van der Waals surface area contributed by atoms with E-state index in [4.69, 9.17) is 16.7 Å². The molecule has 178 valence electrons. The number of nitrogens with two attached hydrogens (primary N) is 1. The lowest BCUT2D eigenvalue weighted by molar-refractivity contribution is 0.0713. The first-order valence-corrected chi connectivity index (χ1v) is 12.6. The molecule has 1 saturated heterocycles. The van der Waals surface area contributed by atoms with Crippen LogP contribution in [0, 0.1) is 12.7 Å². The Labute approximate surface area is 202 Å². The van der Waals surface area contributed by atoms with E-state index in [1.807, 2.05) is 13.0 Å². The fraction of sp³-hybridized carbons (Fsp3) is 0.250. The Morgan fingerprint density at radius 2 is 1.79 bits per heavy atom. The van der Waals surface area contributed by atoms with E-state index in [0.29, 0.717) is 23.8 Å². The molecule has 0 aliphatic carbocycles. The van der Waals surface area contributed by atoms with Gasteiger partial charge in [-0.2, -0.15) is 0 Å². The predicted molar refractivity (Wildman–Crippen MR) is 129 cm³/mol. The van der Waals surface area contributed by atoms with Crippen molar-refractivity contribution in [1.29, 1.82) is 0 Å². The summed E-state index contributed by atoms with van der Waals surface area (Å²) in [6, 6.07) is 13.0. The van der Waals surface area contributed by atoms with E-state index in [2.05, 4.69) is 10.3 Å². The van der Waals surface area contributed by atoms with Crippen LogP contribution in [0.4, 0.5) is 15.8 Å². The van der Waals surface area contributed by atoms with Gasteiger partial charge in [-0.05, 0) is 61.1 Å². The van der Waals surface area contributed by atoms with Gasteiger partial charge < -0.3 is 10.2 Å². The van der Waals surface area contributed by atoms with E-state index in [1.165, 1.54) is 24.4 Å². The predicted octanol–water partition coefficient (Wildman–Crippen LogP) is 4.59. The maximum atomic E-state index is 13.4. The SMILES string of the molecule is Cc1ccc(Nc2cc(S(N)(=O)=O)ncc2C(=O)N2CCC(c3ccc(F)cc3)CC2)c(Cl)c1. The molecular weight excluding hydrogens is 479 g/mol. The van der Waals surface area contributed by atoms with Crippen LogP contribution >= 0.6 is 11.6 Å². The molecule has 1 fully saturated rings. The van der Waals surface area contributed by atoms with Gasteiger partial charge in [0.1, 0.15) is 5.82 Å². The molecule has 1 aromatic heterocycles. The number of sulfonamides is 1. The number of aryl methyl sites for hydroxylation is 1. The van der Waals surface area contributed by atoms with Crippen LogP contribution in [-0.2, 0) is 10.0 Å². The van der Waals surface area contributed by atoms with Crippen molar-refractivity contribution in [3.05, 3.63) is 82.3 Å². The van der Waals surface area contributed by atoms with E-state index in [0.717, 1.165) is 24.0 Å². The normalized spacial score (nSPS) is 14.8. The number of pyridine rings is 1. The highest BCUT2D eigenvalue weighted by Crippen LogP contribution is 2.32. The molecule has 4 rings (SSSR count). The highest BCUT2D eigenvalue weighted by molar-refractivity contribution is 7.89. The van der Waals surface area contributed by atoms with E-state index in [1.54, 1.807) is 29.2 Å². The number of nitrogens with zero attached hydrogens (tertiary/aromatic N) is 2. The van der Waals surface area contributed by atoms with Gasteiger partial charge in [-0.15, -0.1) is 0 Å². The molecule has 0 unspecified atom stereocenters. The van der Waals surface area contributed by atoms with E-state index < -0.39 is 10.0 Å². The van der Waals surface area contributed by atoms with Gasteiger partial charge in [0, 0.05) is 25.4 Å². The van der Waals surface area contributed by atoms with Crippen molar-refractivity contribution >= 4 is 38.9 Å². The minimum atomic E-state index is -4.08. The zero-order chi connectivity index (χ0) is 24.5. The number of likely N-dealkylation sites (tertiary alicyclic amines) is 1. The summed E-state index contributed by atoms with van der Waals surface area (Å²) in [6.45, 7) is 2.90. The molecule has 0 bridgehead atoms. The summed E-state index contributed by atoms with van der Waals surface area (Å²) in [4.78, 5) is 19.0. The highest BCUT2D eigenvalue weighted by Gasteiger charge is 2.27. The maximum absolute atomic E-state index is 13.4. The molecule has 1 amide bonds. The summed E-state index contributed by atoms with van der Waals surface area (Å²) < 4.78 is 37.0. The molecule has 2 heterocycles. The third-order valence-corrected chi connectivity index (χ3v) is 7.04. The van der Waals surface area contributed by atoms with Crippen LogP contribution in [0.15, 0.2) is 59.8 Å². The summed E-state index contributed by atoms with van der Waals surface area (Å²) >= 11 is 6.33. The first kappa shape index (κ1) is 24.1. The number of piperidine rings is 1. The molecule has 34 heavy (non-hydrogen) atoms. The Kier molecular flexibility index (Phi) is 6.88. The molecule has 3 aromatic rings. The van der Waals surface area contributed by atoms with E-state index in [-0.39, 0.29) is 33.9 Å². The van der Waals surface area contributed by atoms with Crippen LogP contribution in [0.25, 0.3) is 0 Å². The number of hydrogen-bond donors (Lipinski definition) is 2. The molecule has 0 saturated carbocycles. The lowest BCUT2D eigenvalue weighted by atomic mass is 9.89. The van der Waals surface area contributed by atoms with Crippen LogP contribution in [0.5, 0.6) is 0 Å². The standard InChI is InChI=1S/C24H24ClFN4O3S/c1-15-2-7-21(20(25)12-15)29-22-13-23(34(27,32)33)28-14-19(22)24(31)30-10-8-17(9-11-30)16-3-5-18(26)6-4-16/h2-7,12-14,17H,8-11H2,1H3,(H,28,29)(H2,27,32,33). The molecule has 0 spiro atoms. The van der Waals surface area contributed by atoms with Gasteiger partial charge in [-0.1, -0.05) is 29.8 Å². The zero-order valence-corrected chi connectivity index (χ0v) is 20.0. The van der Waals surface area contributed by atoms with Crippen molar-refractivity contribution in [3.8, 4) is 0 Å². The largest absolute Gasteiger partial charge is 0.354 e. The average Bonchev–Trinajstić information content (AvgIpc) is 2.80. The van der Waals surface area contributed by atoms with Gasteiger partial charge in [0.05, 0.1) is 22.0 Å². The topological polar surface area (TPSA) is 105 Å². The number of primary sulfonamides is 1. The number of halogens is 2. The summed E-state index contributed by atoms with van der Waals surface area (Å²) in [5.41, 5.74) is 2.97. The van der Waals surface area contributed by atoms with Crippen molar-refractivity contribution in [2.24, 2.45) is 5.14 Å². The molecule has 1 aliphatic rings. The van der Waals surface area contributed by atoms with Crippen molar-refractivity contribution in [1.82, 2.24) is 9.88 Å². The van der Waals surface area contributed by atoms with Gasteiger partial charge in [-0.25, -0.2) is 22.9 Å². The summed E-state index contributed by atoms with van der Waals surface area (Å²) in [5, 5.41) is 8.39. The lowest BCUT2D eigenvalue weighted by Crippen LogP contribution is -2.38. The van der Waals surface area contributed by atoms with Crippen molar-refractivity contribution < 1.29 is 17.6 Å². The van der Waals surface area contributed by atoms with Crippen LogP contribution in [-0.4, -0.2) is 37.3 Å². The Morgan fingerprint density at radius 3 is 2.41 bits per heavy atom. The van der Waals surface area contributed by atoms with Gasteiger partial charge in [0.15, 0.2) is 5.03 Å². The third-order valence-electron chi connectivity index (χ3n) is 5.92. The number of carbonyl (C=O) groups excluding carboxylic acids is 1. The van der Waals surface area contributed by atoms with Gasteiger partial charge in [-0.3, -0.25) is 4.79 Å². The van der Waals surface area contributed by atoms with Crippen LogP contribution in [0.2, 0.25) is 5.02 Å². The molecule has 0 radical (unpaired) electrons. The van der Waals surface area contributed by atoms with E-state index in [9.17, 15) is 17.6 Å². The molecule has 10 heteroatoms. The highest BCUT2D eigenvalue weighted by atomic mass is 35.5. The summed E-state index contributed by atoms with van der Waals surface area (Å²) in [6.07, 6.45) is 2.68. The molecular formula is C24H24ClFN4O3S. The lowest BCUT2D eigenvalue weighted by Gasteiger charge is -2.32. The Balaban J connectivity index is 1.58. The zero-order valence-electron chi connectivity index (χ0n) is 18.5. The quantitative estimate of drug-likeness (QED) is 0.530. The first-order valence-electron chi connectivity index (χ1n) is 10.7. The number of carbonyl (C=O) groups is 1. The monoisotopic (exact) mass is 502 g/mol. The number of hydrogen-bond acceptors (Lipinski definition) is 5. The minimum absolute atomic E-state index is 0.212. The second-order valence-corrected chi connectivity index (χ2v) is 10.3. The second kappa shape index (κ2) is 9.69. The fourth-order valence-electron chi connectivity index (χ4n) is 4.05. The average molecular weight is 503 g/mol. The van der Waals surface area contributed by atoms with Crippen molar-refractivity contribution in [2.75, 3.05) is 18.4 Å². The number of aromatic nitrogens is 1. The van der Waals surface area contributed by atoms with Crippen molar-refractivity contribution in [3.63, 3.8) is 0 Å². The fourth-order valence-corrected chi connectivity index (χ4v) is 4.82. The second-order valence-electron chi connectivity index (χ2n) is 8.34. The Morgan fingerprint density at radius 1 is 1.12 bits per heavy atom. The third kappa shape index (κ3) is 5.38.